The molecular formula is C20H23N4O2+. The predicted octanol–water partition coefficient (Wildman–Crippen LogP) is 4.44. The Morgan fingerprint density at radius 1 is 1.00 bits per heavy atom. The number of hydrogen-bond donors (Lipinski definition) is 1. The van der Waals surface area contributed by atoms with Gasteiger partial charge in [0.1, 0.15) is 30.3 Å². The molecule has 0 aliphatic carbocycles. The maximum Gasteiger partial charge on any atom is 0.213 e. The molecule has 2 aromatic carbocycles. The molecule has 3 rings (SSSR count). The highest BCUT2D eigenvalue weighted by molar-refractivity contribution is 5.95. The van der Waals surface area contributed by atoms with Gasteiger partial charge < -0.3 is 14.3 Å². The van der Waals surface area contributed by atoms with Crippen molar-refractivity contribution in [1.29, 1.82) is 0 Å². The van der Waals surface area contributed by atoms with Crippen LogP contribution in [0.25, 0.3) is 10.8 Å². The van der Waals surface area contributed by atoms with E-state index in [1.54, 1.807) is 24.4 Å². The van der Waals surface area contributed by atoms with E-state index < -0.39 is 0 Å². The molecule has 0 aliphatic heterocycles. The van der Waals surface area contributed by atoms with Crippen molar-refractivity contribution >= 4 is 22.1 Å². The summed E-state index contributed by atoms with van der Waals surface area (Å²) in [5.41, 5.74) is 1.04. The van der Waals surface area contributed by atoms with E-state index in [9.17, 15) is 5.11 Å². The number of nitrogens with zero attached hydrogens (tertiary/aromatic N) is 4. The number of rotatable bonds is 6. The summed E-state index contributed by atoms with van der Waals surface area (Å²) in [5.74, 6) is 0.658. The molecule has 0 unspecified atom stereocenters. The number of phenolic OH excluding ortho intramolecular Hbond substituents is 1. The maximum absolute atomic E-state index is 10.1. The van der Waals surface area contributed by atoms with E-state index in [2.05, 4.69) is 36.4 Å². The number of hydrogen-bond acceptors (Lipinski definition) is 5. The Morgan fingerprint density at radius 3 is 2.54 bits per heavy atom. The van der Waals surface area contributed by atoms with Crippen LogP contribution in [0, 0.1) is 0 Å². The summed E-state index contributed by atoms with van der Waals surface area (Å²) in [7, 11) is 6.34. The first-order valence-electron chi connectivity index (χ1n) is 8.44. The van der Waals surface area contributed by atoms with Crippen molar-refractivity contribution in [2.45, 2.75) is 0 Å². The minimum atomic E-state index is 0.0978. The molecule has 0 radical (unpaired) electrons. The molecule has 6 heteroatoms. The highest BCUT2D eigenvalue weighted by Gasteiger charge is 2.08. The van der Waals surface area contributed by atoms with Gasteiger partial charge in [0.05, 0.1) is 27.3 Å². The monoisotopic (exact) mass is 351 g/mol. The van der Waals surface area contributed by atoms with Crippen molar-refractivity contribution in [3.05, 3.63) is 54.7 Å². The molecule has 0 atom stereocenters. The summed E-state index contributed by atoms with van der Waals surface area (Å²) in [6, 6.07) is 14.8. The minimum Gasteiger partial charge on any atom is -0.506 e. The first kappa shape index (κ1) is 17.8. The van der Waals surface area contributed by atoms with Crippen LogP contribution in [0.5, 0.6) is 11.6 Å². The summed E-state index contributed by atoms with van der Waals surface area (Å²) >= 11 is 0. The fraction of sp³-hybridized carbons (Fsp3) is 0.250. The lowest BCUT2D eigenvalue weighted by atomic mass is 10.1. The summed E-state index contributed by atoms with van der Waals surface area (Å²) in [5, 5.41) is 20.4. The molecule has 0 bridgehead atoms. The Bertz CT molecular complexity index is 915. The Morgan fingerprint density at radius 2 is 1.81 bits per heavy atom. The van der Waals surface area contributed by atoms with Gasteiger partial charge in [-0.2, -0.15) is 0 Å². The quantitative estimate of drug-likeness (QED) is 0.527. The topological polar surface area (TPSA) is 67.1 Å². The Balaban J connectivity index is 1.73. The minimum absolute atomic E-state index is 0.0978. The smallest absolute Gasteiger partial charge is 0.213 e. The van der Waals surface area contributed by atoms with E-state index in [-0.39, 0.29) is 5.75 Å². The van der Waals surface area contributed by atoms with Gasteiger partial charge in [-0.1, -0.05) is 30.3 Å². The zero-order chi connectivity index (χ0) is 18.6. The second-order valence-corrected chi connectivity index (χ2v) is 7.07. The van der Waals surface area contributed by atoms with Crippen LogP contribution in [0.2, 0.25) is 0 Å². The van der Waals surface area contributed by atoms with Gasteiger partial charge in [0.25, 0.3) is 0 Å². The molecule has 0 spiro atoms. The van der Waals surface area contributed by atoms with Gasteiger partial charge >= 0.3 is 0 Å². The molecule has 0 aliphatic rings. The first-order chi connectivity index (χ1) is 12.4. The highest BCUT2D eigenvalue weighted by Crippen LogP contribution is 2.35. The van der Waals surface area contributed by atoms with Crippen LogP contribution in [0.4, 0.5) is 11.4 Å². The van der Waals surface area contributed by atoms with E-state index >= 15 is 0 Å². The number of phenols is 1. The van der Waals surface area contributed by atoms with E-state index in [4.69, 9.17) is 4.74 Å². The van der Waals surface area contributed by atoms with Gasteiger partial charge in [-0.15, -0.1) is 10.2 Å². The third-order valence-corrected chi connectivity index (χ3v) is 3.88. The number of fused-ring (bicyclic) bond motifs is 1. The number of likely N-dealkylation sites (N-methyl/N-ethyl adjacent to an activating group) is 1. The average molecular weight is 351 g/mol. The zero-order valence-electron chi connectivity index (χ0n) is 15.3. The molecule has 1 N–H and O–H groups in total. The van der Waals surface area contributed by atoms with Gasteiger partial charge in [0.15, 0.2) is 0 Å². The van der Waals surface area contributed by atoms with Crippen molar-refractivity contribution in [3.8, 4) is 11.6 Å². The summed E-state index contributed by atoms with van der Waals surface area (Å²) < 4.78 is 6.47. The second kappa shape index (κ2) is 7.49. The van der Waals surface area contributed by atoms with Crippen molar-refractivity contribution < 1.29 is 14.3 Å². The zero-order valence-corrected chi connectivity index (χ0v) is 15.3. The molecule has 1 aromatic heterocycles. The van der Waals surface area contributed by atoms with Crippen molar-refractivity contribution in [2.75, 3.05) is 34.3 Å². The van der Waals surface area contributed by atoms with Crippen molar-refractivity contribution in [2.24, 2.45) is 10.2 Å². The van der Waals surface area contributed by atoms with E-state index in [1.807, 2.05) is 30.3 Å². The number of aromatic nitrogens is 1. The fourth-order valence-corrected chi connectivity index (χ4v) is 2.40. The molecule has 6 nitrogen and oxygen atoms in total. The third-order valence-electron chi connectivity index (χ3n) is 3.88. The number of benzene rings is 2. The summed E-state index contributed by atoms with van der Waals surface area (Å²) in [6.45, 7) is 1.49. The lowest BCUT2D eigenvalue weighted by Crippen LogP contribution is -2.38. The molecule has 134 valence electrons. The number of ether oxygens (including phenoxy) is 1. The number of pyridine rings is 1. The van der Waals surface area contributed by atoms with Crippen LogP contribution in [-0.4, -0.2) is 48.9 Å². The van der Waals surface area contributed by atoms with E-state index in [0.29, 0.717) is 23.9 Å². The van der Waals surface area contributed by atoms with Crippen LogP contribution in [-0.2, 0) is 0 Å². The van der Waals surface area contributed by atoms with Crippen LogP contribution in [0.3, 0.4) is 0 Å². The molecule has 3 aromatic rings. The van der Waals surface area contributed by atoms with Crippen LogP contribution >= 0.6 is 0 Å². The second-order valence-electron chi connectivity index (χ2n) is 7.07. The molecule has 0 saturated carbocycles. The van der Waals surface area contributed by atoms with Gasteiger partial charge in [-0.25, -0.2) is 4.98 Å². The molecular weight excluding hydrogens is 328 g/mol. The lowest BCUT2D eigenvalue weighted by molar-refractivity contribution is -0.870. The molecule has 0 amide bonds. The van der Waals surface area contributed by atoms with Crippen LogP contribution in [0.1, 0.15) is 0 Å². The van der Waals surface area contributed by atoms with Crippen molar-refractivity contribution in [1.82, 2.24) is 4.98 Å². The molecule has 0 fully saturated rings. The van der Waals surface area contributed by atoms with Gasteiger partial charge in [-0.3, -0.25) is 0 Å². The van der Waals surface area contributed by atoms with Gasteiger partial charge in [0.2, 0.25) is 5.88 Å². The number of azo groups is 1. The number of quaternary nitrogens is 1. The summed E-state index contributed by atoms with van der Waals surface area (Å²) in [4.78, 5) is 4.25. The Kier molecular flexibility index (Phi) is 5.14. The highest BCUT2D eigenvalue weighted by atomic mass is 16.5. The van der Waals surface area contributed by atoms with E-state index in [1.165, 1.54) is 0 Å². The predicted molar refractivity (Wildman–Crippen MR) is 102 cm³/mol. The molecule has 26 heavy (non-hydrogen) atoms. The molecule has 0 saturated heterocycles. The Hall–Kier alpha value is -2.99. The van der Waals surface area contributed by atoms with Crippen LogP contribution in [0.15, 0.2) is 65.0 Å². The standard InChI is InChI=1S/C20H22N4O2/c1-24(2,3)12-13-26-19-11-9-16(14-21-19)22-23-20-17-7-5-4-6-15(17)8-10-18(20)25/h4-11,14H,12-13H2,1-3H3/p+1. The largest absolute Gasteiger partial charge is 0.506 e. The first-order valence-corrected chi connectivity index (χ1v) is 8.44. The van der Waals surface area contributed by atoms with Crippen LogP contribution < -0.4 is 4.74 Å². The van der Waals surface area contributed by atoms with Gasteiger partial charge in [0, 0.05) is 11.5 Å². The van der Waals surface area contributed by atoms with Crippen molar-refractivity contribution in [3.63, 3.8) is 0 Å². The maximum atomic E-state index is 10.1. The van der Waals surface area contributed by atoms with E-state index in [0.717, 1.165) is 21.8 Å². The molecule has 1 heterocycles. The summed E-state index contributed by atoms with van der Waals surface area (Å²) in [6.07, 6.45) is 1.60. The fourth-order valence-electron chi connectivity index (χ4n) is 2.40. The normalized spacial score (nSPS) is 12.0. The Labute approximate surface area is 153 Å². The lowest BCUT2D eigenvalue weighted by Gasteiger charge is -2.23. The third kappa shape index (κ3) is 4.55. The SMILES string of the molecule is C[N+](C)(C)CCOc1ccc(/N=N/c2c(O)ccc3ccccc23)cn1. The number of aromatic hydroxyl groups is 1. The average Bonchev–Trinajstić information content (AvgIpc) is 2.61. The van der Waals surface area contributed by atoms with Gasteiger partial charge in [-0.05, 0) is 17.5 Å².